The second kappa shape index (κ2) is 5.33. The maximum absolute atomic E-state index is 11.4. The zero-order valence-electron chi connectivity index (χ0n) is 11.7. The lowest BCUT2D eigenvalue weighted by molar-refractivity contribution is -0.384. The first-order valence-electron chi connectivity index (χ1n) is 7.06. The first-order valence-corrected chi connectivity index (χ1v) is 7.06. The predicted octanol–water partition coefficient (Wildman–Crippen LogP) is 2.07. The molecule has 112 valence electrons. The highest BCUT2D eigenvalue weighted by molar-refractivity contribution is 6.00. The number of nitro benzene ring substituents is 1. The van der Waals surface area contributed by atoms with Crippen molar-refractivity contribution in [1.82, 2.24) is 0 Å². The zero-order valence-corrected chi connectivity index (χ0v) is 11.7. The Morgan fingerprint density at radius 1 is 1.48 bits per heavy atom. The maximum Gasteiger partial charge on any atom is 0.292 e. The van der Waals surface area contributed by atoms with Gasteiger partial charge in [0.2, 0.25) is 5.91 Å². The summed E-state index contributed by atoms with van der Waals surface area (Å²) in [4.78, 5) is 22.2. The molecule has 0 radical (unpaired) electrons. The molecule has 0 spiro atoms. The number of nitrogens with zero attached hydrogens (tertiary/aromatic N) is 1. The summed E-state index contributed by atoms with van der Waals surface area (Å²) in [6, 6.07) is 3.32. The van der Waals surface area contributed by atoms with Gasteiger partial charge < -0.3 is 15.4 Å². The van der Waals surface area contributed by atoms with Crippen molar-refractivity contribution in [3.05, 3.63) is 27.8 Å². The lowest BCUT2D eigenvalue weighted by Gasteiger charge is -2.35. The number of benzene rings is 1. The molecule has 7 nitrogen and oxygen atoms in total. The Balaban J connectivity index is 1.77. The van der Waals surface area contributed by atoms with Gasteiger partial charge in [0.05, 0.1) is 17.4 Å². The Morgan fingerprint density at radius 2 is 2.24 bits per heavy atom. The van der Waals surface area contributed by atoms with Crippen molar-refractivity contribution >= 4 is 23.0 Å². The molecule has 1 aromatic carbocycles. The Labute approximate surface area is 121 Å². The summed E-state index contributed by atoms with van der Waals surface area (Å²) < 4.78 is 5.48. The molecule has 1 fully saturated rings. The number of nitrogens with one attached hydrogen (secondary N) is 2. The zero-order chi connectivity index (χ0) is 15.0. The van der Waals surface area contributed by atoms with Gasteiger partial charge in [-0.25, -0.2) is 0 Å². The Bertz CT molecular complexity index is 596. The second-order valence-corrected chi connectivity index (χ2v) is 5.40. The fourth-order valence-electron chi connectivity index (χ4n) is 2.80. The maximum atomic E-state index is 11.4. The van der Waals surface area contributed by atoms with E-state index < -0.39 is 4.92 Å². The van der Waals surface area contributed by atoms with Gasteiger partial charge in [-0.05, 0) is 31.4 Å². The van der Waals surface area contributed by atoms with Gasteiger partial charge >= 0.3 is 0 Å². The van der Waals surface area contributed by atoms with Gasteiger partial charge in [0.25, 0.3) is 5.69 Å². The Hall–Kier alpha value is -2.15. The fraction of sp³-hybridized carbons (Fsp3) is 0.500. The molecule has 0 unspecified atom stereocenters. The highest BCUT2D eigenvalue weighted by Crippen LogP contribution is 2.37. The molecule has 2 N–H and O–H groups in total. The van der Waals surface area contributed by atoms with Crippen LogP contribution < -0.4 is 10.6 Å². The summed E-state index contributed by atoms with van der Waals surface area (Å²) in [6.07, 6.45) is 2.12. The van der Waals surface area contributed by atoms with E-state index in [1.165, 1.54) is 6.07 Å². The van der Waals surface area contributed by atoms with E-state index in [4.69, 9.17) is 4.74 Å². The number of amides is 1. The molecule has 1 amide bonds. The number of hydrogen-bond acceptors (Lipinski definition) is 5. The van der Waals surface area contributed by atoms with Crippen LogP contribution in [0, 0.1) is 10.1 Å². The van der Waals surface area contributed by atoms with E-state index in [2.05, 4.69) is 10.6 Å². The van der Waals surface area contributed by atoms with Crippen molar-refractivity contribution < 1.29 is 14.5 Å². The minimum absolute atomic E-state index is 0.0186. The molecule has 1 aliphatic carbocycles. The highest BCUT2D eigenvalue weighted by Gasteiger charge is 2.32. The number of carbonyl (C=O) groups excluding carboxylic acids is 1. The van der Waals surface area contributed by atoms with Crippen LogP contribution in [0.3, 0.4) is 0 Å². The van der Waals surface area contributed by atoms with Gasteiger partial charge in [0, 0.05) is 24.4 Å². The van der Waals surface area contributed by atoms with Crippen LogP contribution >= 0.6 is 0 Å². The number of rotatable bonds is 5. The number of fused-ring (bicyclic) bond motifs is 1. The average Bonchev–Trinajstić information content (AvgIpc) is 2.74. The summed E-state index contributed by atoms with van der Waals surface area (Å²) in [5.41, 5.74) is 1.82. The van der Waals surface area contributed by atoms with Gasteiger partial charge in [-0.3, -0.25) is 14.9 Å². The van der Waals surface area contributed by atoms with Crippen molar-refractivity contribution in [3.63, 3.8) is 0 Å². The molecule has 0 bridgehead atoms. The molecule has 1 aromatic rings. The van der Waals surface area contributed by atoms with Crippen molar-refractivity contribution in [2.75, 3.05) is 17.2 Å². The molecule has 0 atom stereocenters. The van der Waals surface area contributed by atoms with Crippen molar-refractivity contribution in [3.8, 4) is 0 Å². The van der Waals surface area contributed by atoms with Crippen LogP contribution in [-0.4, -0.2) is 29.6 Å². The predicted molar refractivity (Wildman–Crippen MR) is 77.5 cm³/mol. The first kappa shape index (κ1) is 13.8. The number of ether oxygens (including phenoxy) is 1. The molecule has 0 saturated heterocycles. The van der Waals surface area contributed by atoms with Crippen LogP contribution in [0.2, 0.25) is 0 Å². The number of anilines is 2. The summed E-state index contributed by atoms with van der Waals surface area (Å²) >= 11 is 0. The molecule has 1 saturated carbocycles. The van der Waals surface area contributed by atoms with Gasteiger partial charge in [0.15, 0.2) is 0 Å². The lowest BCUT2D eigenvalue weighted by atomic mass is 9.89. The third-order valence-electron chi connectivity index (χ3n) is 3.90. The van der Waals surface area contributed by atoms with E-state index in [0.29, 0.717) is 23.5 Å². The quantitative estimate of drug-likeness (QED) is 0.640. The number of nitro groups is 1. The van der Waals surface area contributed by atoms with Crippen LogP contribution in [0.1, 0.15) is 25.3 Å². The van der Waals surface area contributed by atoms with Gasteiger partial charge in [-0.15, -0.1) is 0 Å². The number of hydrogen-bond donors (Lipinski definition) is 2. The first-order chi connectivity index (χ1) is 10.1. The smallest absolute Gasteiger partial charge is 0.292 e. The molecule has 3 rings (SSSR count). The van der Waals surface area contributed by atoms with Gasteiger partial charge in [0.1, 0.15) is 5.69 Å². The van der Waals surface area contributed by atoms with E-state index >= 15 is 0 Å². The SMILES string of the molecule is CCOC1CC(Nc2cc3c(cc2[N+](=O)[O-])CC(=O)N3)C1. The van der Waals surface area contributed by atoms with Crippen LogP contribution in [-0.2, 0) is 16.0 Å². The Kier molecular flexibility index (Phi) is 3.50. The van der Waals surface area contributed by atoms with Crippen molar-refractivity contribution in [2.45, 2.75) is 38.3 Å². The molecule has 0 aromatic heterocycles. The van der Waals surface area contributed by atoms with Gasteiger partial charge in [-0.2, -0.15) is 0 Å². The highest BCUT2D eigenvalue weighted by atomic mass is 16.6. The van der Waals surface area contributed by atoms with Crippen LogP contribution in [0.25, 0.3) is 0 Å². The van der Waals surface area contributed by atoms with Crippen LogP contribution in [0.5, 0.6) is 0 Å². The molecular weight excluding hydrogens is 274 g/mol. The van der Waals surface area contributed by atoms with Crippen molar-refractivity contribution in [1.29, 1.82) is 0 Å². The number of carbonyl (C=O) groups is 1. The molecule has 1 aliphatic heterocycles. The van der Waals surface area contributed by atoms with E-state index in [-0.39, 0.29) is 30.2 Å². The lowest BCUT2D eigenvalue weighted by Crippen LogP contribution is -2.40. The molecule has 21 heavy (non-hydrogen) atoms. The molecule has 1 heterocycles. The summed E-state index contributed by atoms with van der Waals surface area (Å²) in [5.74, 6) is -0.128. The van der Waals surface area contributed by atoms with Crippen LogP contribution in [0.15, 0.2) is 12.1 Å². The van der Waals surface area contributed by atoms with Crippen molar-refractivity contribution in [2.24, 2.45) is 0 Å². The largest absolute Gasteiger partial charge is 0.378 e. The van der Waals surface area contributed by atoms with E-state index in [1.807, 2.05) is 6.92 Å². The van der Waals surface area contributed by atoms with E-state index in [1.54, 1.807) is 6.07 Å². The van der Waals surface area contributed by atoms with E-state index in [9.17, 15) is 14.9 Å². The fourth-order valence-corrected chi connectivity index (χ4v) is 2.80. The third-order valence-corrected chi connectivity index (χ3v) is 3.90. The van der Waals surface area contributed by atoms with E-state index in [0.717, 1.165) is 12.8 Å². The Morgan fingerprint density at radius 3 is 2.90 bits per heavy atom. The summed E-state index contributed by atoms with van der Waals surface area (Å²) in [6.45, 7) is 2.64. The topological polar surface area (TPSA) is 93.5 Å². The standard InChI is InChI=1S/C14H17N3O4/c1-2-21-10-5-9(6-10)15-12-7-11-8(4-14(18)16-11)3-13(12)17(19)20/h3,7,9-10,15H,2,4-6H2,1H3,(H,16,18). The second-order valence-electron chi connectivity index (χ2n) is 5.40. The summed E-state index contributed by atoms with van der Waals surface area (Å²) in [5, 5.41) is 17.1. The summed E-state index contributed by atoms with van der Waals surface area (Å²) in [7, 11) is 0. The molecule has 2 aliphatic rings. The molecule has 7 heteroatoms. The normalized spacial score (nSPS) is 23.2. The average molecular weight is 291 g/mol. The minimum Gasteiger partial charge on any atom is -0.378 e. The monoisotopic (exact) mass is 291 g/mol. The third kappa shape index (κ3) is 2.69. The molecular formula is C14H17N3O4. The minimum atomic E-state index is -0.413. The van der Waals surface area contributed by atoms with Crippen LogP contribution in [0.4, 0.5) is 17.1 Å². The van der Waals surface area contributed by atoms with Gasteiger partial charge in [-0.1, -0.05) is 0 Å².